The SMILES string of the molecule is CCCC(c1cccs1)N1CC(C)NCC1CC. The van der Waals surface area contributed by atoms with Crippen LogP contribution in [-0.4, -0.2) is 30.1 Å². The summed E-state index contributed by atoms with van der Waals surface area (Å²) in [4.78, 5) is 4.29. The zero-order valence-corrected chi connectivity index (χ0v) is 12.7. The molecule has 2 nitrogen and oxygen atoms in total. The standard InChI is InChI=1S/C15H26N2S/c1-4-7-14(15-8-6-9-18-15)17-11-12(3)16-10-13(17)5-2/h6,8-9,12-14,16H,4-5,7,10-11H2,1-3H3. The molecular weight excluding hydrogens is 240 g/mol. The molecule has 18 heavy (non-hydrogen) atoms. The average molecular weight is 266 g/mol. The number of hydrogen-bond donors (Lipinski definition) is 1. The zero-order chi connectivity index (χ0) is 13.0. The Morgan fingerprint density at radius 1 is 1.50 bits per heavy atom. The van der Waals surface area contributed by atoms with Crippen molar-refractivity contribution in [1.29, 1.82) is 0 Å². The second kappa shape index (κ2) is 6.69. The Bertz CT molecular complexity index is 336. The molecule has 1 aliphatic heterocycles. The van der Waals surface area contributed by atoms with E-state index in [1.807, 2.05) is 11.3 Å². The lowest BCUT2D eigenvalue weighted by Gasteiger charge is -2.43. The molecule has 0 radical (unpaired) electrons. The molecule has 0 bridgehead atoms. The molecule has 0 amide bonds. The number of hydrogen-bond acceptors (Lipinski definition) is 3. The van der Waals surface area contributed by atoms with Crippen molar-refractivity contribution in [1.82, 2.24) is 10.2 Å². The first kappa shape index (κ1) is 14.0. The summed E-state index contributed by atoms with van der Waals surface area (Å²) in [5.41, 5.74) is 0. The summed E-state index contributed by atoms with van der Waals surface area (Å²) in [6.45, 7) is 9.24. The van der Waals surface area contributed by atoms with E-state index >= 15 is 0 Å². The van der Waals surface area contributed by atoms with Crippen molar-refractivity contribution in [2.45, 2.75) is 58.2 Å². The smallest absolute Gasteiger partial charge is 0.0445 e. The van der Waals surface area contributed by atoms with Crippen molar-refractivity contribution >= 4 is 11.3 Å². The molecule has 0 spiro atoms. The van der Waals surface area contributed by atoms with Crippen LogP contribution in [0.4, 0.5) is 0 Å². The second-order valence-corrected chi connectivity index (χ2v) is 6.37. The van der Waals surface area contributed by atoms with E-state index in [-0.39, 0.29) is 0 Å². The van der Waals surface area contributed by atoms with Gasteiger partial charge in [-0.3, -0.25) is 4.90 Å². The van der Waals surface area contributed by atoms with E-state index in [0.717, 1.165) is 6.54 Å². The number of piperazine rings is 1. The van der Waals surface area contributed by atoms with Crippen molar-refractivity contribution < 1.29 is 0 Å². The lowest BCUT2D eigenvalue weighted by Crippen LogP contribution is -2.56. The van der Waals surface area contributed by atoms with Crippen LogP contribution >= 0.6 is 11.3 Å². The van der Waals surface area contributed by atoms with Crippen LogP contribution in [0.2, 0.25) is 0 Å². The normalized spacial score (nSPS) is 27.3. The highest BCUT2D eigenvalue weighted by Crippen LogP contribution is 2.32. The summed E-state index contributed by atoms with van der Waals surface area (Å²) >= 11 is 1.92. The van der Waals surface area contributed by atoms with E-state index in [1.54, 1.807) is 4.88 Å². The van der Waals surface area contributed by atoms with Gasteiger partial charge in [-0.15, -0.1) is 11.3 Å². The molecule has 0 aromatic carbocycles. The number of rotatable bonds is 5. The van der Waals surface area contributed by atoms with Crippen LogP contribution < -0.4 is 5.32 Å². The third kappa shape index (κ3) is 3.14. The lowest BCUT2D eigenvalue weighted by molar-refractivity contribution is 0.0787. The van der Waals surface area contributed by atoms with E-state index in [9.17, 15) is 0 Å². The third-order valence-corrected chi connectivity index (χ3v) is 4.93. The van der Waals surface area contributed by atoms with E-state index in [0.29, 0.717) is 18.1 Å². The summed E-state index contributed by atoms with van der Waals surface area (Å²) in [5.74, 6) is 0. The molecule has 3 heteroatoms. The first-order valence-electron chi connectivity index (χ1n) is 7.28. The van der Waals surface area contributed by atoms with Gasteiger partial charge in [0.05, 0.1) is 0 Å². The van der Waals surface area contributed by atoms with E-state index in [4.69, 9.17) is 0 Å². The Balaban J connectivity index is 2.17. The Hall–Kier alpha value is -0.380. The summed E-state index contributed by atoms with van der Waals surface area (Å²) < 4.78 is 0. The number of nitrogens with one attached hydrogen (secondary N) is 1. The van der Waals surface area contributed by atoms with Crippen LogP contribution in [-0.2, 0) is 0 Å². The predicted octanol–water partition coefficient (Wildman–Crippen LogP) is 3.66. The molecule has 1 aromatic heterocycles. The second-order valence-electron chi connectivity index (χ2n) is 5.39. The minimum atomic E-state index is 0.618. The van der Waals surface area contributed by atoms with Crippen molar-refractivity contribution in [3.63, 3.8) is 0 Å². The van der Waals surface area contributed by atoms with Gasteiger partial charge in [0.15, 0.2) is 0 Å². The maximum Gasteiger partial charge on any atom is 0.0445 e. The highest BCUT2D eigenvalue weighted by Gasteiger charge is 2.31. The monoisotopic (exact) mass is 266 g/mol. The van der Waals surface area contributed by atoms with Crippen LogP contribution in [0.5, 0.6) is 0 Å². The Kier molecular flexibility index (Phi) is 5.22. The third-order valence-electron chi connectivity index (χ3n) is 3.96. The summed E-state index contributed by atoms with van der Waals surface area (Å²) in [5, 5.41) is 5.83. The molecule has 3 atom stereocenters. The van der Waals surface area contributed by atoms with E-state index < -0.39 is 0 Å². The fourth-order valence-electron chi connectivity index (χ4n) is 2.97. The van der Waals surface area contributed by atoms with Gasteiger partial charge < -0.3 is 5.32 Å². The minimum Gasteiger partial charge on any atom is -0.311 e. The van der Waals surface area contributed by atoms with Gasteiger partial charge >= 0.3 is 0 Å². The van der Waals surface area contributed by atoms with Gasteiger partial charge in [0.2, 0.25) is 0 Å². The van der Waals surface area contributed by atoms with Gasteiger partial charge in [-0.05, 0) is 31.2 Å². The first-order chi connectivity index (χ1) is 8.76. The molecule has 1 aliphatic rings. The van der Waals surface area contributed by atoms with Crippen molar-refractivity contribution in [3.8, 4) is 0 Å². The van der Waals surface area contributed by atoms with E-state index in [2.05, 4.69) is 48.5 Å². The van der Waals surface area contributed by atoms with Crippen molar-refractivity contribution in [3.05, 3.63) is 22.4 Å². The molecule has 2 heterocycles. The average Bonchev–Trinajstić information content (AvgIpc) is 2.89. The molecule has 3 unspecified atom stereocenters. The van der Waals surface area contributed by atoms with Crippen LogP contribution in [0.25, 0.3) is 0 Å². The van der Waals surface area contributed by atoms with Crippen molar-refractivity contribution in [2.24, 2.45) is 0 Å². The maximum absolute atomic E-state index is 3.62. The van der Waals surface area contributed by atoms with Gasteiger partial charge in [-0.25, -0.2) is 0 Å². The highest BCUT2D eigenvalue weighted by atomic mass is 32.1. The quantitative estimate of drug-likeness (QED) is 0.875. The van der Waals surface area contributed by atoms with Gasteiger partial charge in [0, 0.05) is 36.1 Å². The topological polar surface area (TPSA) is 15.3 Å². The lowest BCUT2D eigenvalue weighted by atomic mass is 10.0. The Morgan fingerprint density at radius 2 is 2.33 bits per heavy atom. The van der Waals surface area contributed by atoms with Crippen molar-refractivity contribution in [2.75, 3.05) is 13.1 Å². The van der Waals surface area contributed by atoms with Crippen LogP contribution in [0.15, 0.2) is 17.5 Å². The van der Waals surface area contributed by atoms with Gasteiger partial charge in [0.25, 0.3) is 0 Å². The molecule has 1 fully saturated rings. The minimum absolute atomic E-state index is 0.618. The molecule has 1 aromatic rings. The molecule has 102 valence electrons. The summed E-state index contributed by atoms with van der Waals surface area (Å²) in [7, 11) is 0. The fraction of sp³-hybridized carbons (Fsp3) is 0.733. The number of nitrogens with zero attached hydrogens (tertiary/aromatic N) is 1. The largest absolute Gasteiger partial charge is 0.311 e. The van der Waals surface area contributed by atoms with Gasteiger partial charge in [0.1, 0.15) is 0 Å². The fourth-order valence-corrected chi connectivity index (χ4v) is 3.85. The van der Waals surface area contributed by atoms with Crippen LogP contribution in [0, 0.1) is 0 Å². The summed E-state index contributed by atoms with van der Waals surface area (Å²) in [6, 6.07) is 6.44. The van der Waals surface area contributed by atoms with Gasteiger partial charge in [-0.1, -0.05) is 26.3 Å². The molecule has 0 saturated carbocycles. The predicted molar refractivity (Wildman–Crippen MR) is 80.2 cm³/mol. The molecule has 0 aliphatic carbocycles. The highest BCUT2D eigenvalue weighted by molar-refractivity contribution is 7.10. The Labute approximate surface area is 115 Å². The molecule has 1 N–H and O–H groups in total. The molecular formula is C15H26N2S. The number of thiophene rings is 1. The summed E-state index contributed by atoms with van der Waals surface area (Å²) in [6.07, 6.45) is 3.78. The first-order valence-corrected chi connectivity index (χ1v) is 8.16. The molecule has 1 saturated heterocycles. The van der Waals surface area contributed by atoms with Gasteiger partial charge in [-0.2, -0.15) is 0 Å². The van der Waals surface area contributed by atoms with Crippen LogP contribution in [0.1, 0.15) is 51.0 Å². The molecule has 2 rings (SSSR count). The maximum atomic E-state index is 3.62. The van der Waals surface area contributed by atoms with Crippen LogP contribution in [0.3, 0.4) is 0 Å². The zero-order valence-electron chi connectivity index (χ0n) is 11.9. The Morgan fingerprint density at radius 3 is 2.94 bits per heavy atom. The van der Waals surface area contributed by atoms with E-state index in [1.165, 1.54) is 25.8 Å².